The number of esters is 1. The molecule has 6 heteroatoms. The third-order valence-electron chi connectivity index (χ3n) is 5.50. The summed E-state index contributed by atoms with van der Waals surface area (Å²) in [6.45, 7) is 7.05. The van der Waals surface area contributed by atoms with E-state index >= 15 is 0 Å². The molecule has 0 bridgehead atoms. The Labute approximate surface area is 148 Å². The maximum absolute atomic E-state index is 12.9. The Morgan fingerprint density at radius 1 is 1.28 bits per heavy atom. The molecular formula is C19H27NO5. The van der Waals surface area contributed by atoms with Gasteiger partial charge in [0, 0.05) is 30.6 Å². The van der Waals surface area contributed by atoms with Gasteiger partial charge in [-0.1, -0.05) is 13.8 Å². The number of furan rings is 1. The molecule has 0 aromatic carbocycles. The molecule has 2 heterocycles. The normalized spacial score (nSPS) is 23.2. The van der Waals surface area contributed by atoms with Gasteiger partial charge in [-0.15, -0.1) is 0 Å². The van der Waals surface area contributed by atoms with E-state index in [0.717, 1.165) is 23.3 Å². The molecular weight excluding hydrogens is 322 g/mol. The number of hydrogen-bond acceptors (Lipinski definition) is 5. The van der Waals surface area contributed by atoms with Crippen LogP contribution in [-0.4, -0.2) is 42.1 Å². The monoisotopic (exact) mass is 349 g/mol. The minimum Gasteiger partial charge on any atom is -0.469 e. The van der Waals surface area contributed by atoms with Gasteiger partial charge in [-0.25, -0.2) is 0 Å². The summed E-state index contributed by atoms with van der Waals surface area (Å²) in [6.07, 6.45) is 2.01. The number of ether oxygens (including phenoxy) is 1. The Balaban J connectivity index is 1.77. The lowest BCUT2D eigenvalue weighted by molar-refractivity contribution is -0.146. The number of hydrogen-bond donors (Lipinski definition) is 1. The van der Waals surface area contributed by atoms with E-state index in [2.05, 4.69) is 13.8 Å². The number of aliphatic hydroxyl groups is 1. The van der Waals surface area contributed by atoms with Crippen molar-refractivity contribution >= 4 is 11.9 Å². The molecule has 1 aliphatic heterocycles. The average Bonchev–Trinajstić information content (AvgIpc) is 2.88. The number of carbonyl (C=O) groups is 2. The van der Waals surface area contributed by atoms with E-state index in [9.17, 15) is 14.7 Å². The van der Waals surface area contributed by atoms with Crippen molar-refractivity contribution in [1.29, 1.82) is 0 Å². The Hall–Kier alpha value is -1.82. The maximum atomic E-state index is 12.9. The molecule has 1 saturated heterocycles. The van der Waals surface area contributed by atoms with Crippen molar-refractivity contribution in [2.75, 3.05) is 20.2 Å². The van der Waals surface area contributed by atoms with Crippen LogP contribution in [0.1, 0.15) is 66.7 Å². The van der Waals surface area contributed by atoms with Gasteiger partial charge in [0.05, 0.1) is 19.1 Å². The van der Waals surface area contributed by atoms with Gasteiger partial charge in [0.2, 0.25) is 0 Å². The lowest BCUT2D eigenvalue weighted by Gasteiger charge is -2.31. The van der Waals surface area contributed by atoms with Gasteiger partial charge in [-0.05, 0) is 31.6 Å². The summed E-state index contributed by atoms with van der Waals surface area (Å²) >= 11 is 0. The number of aliphatic hydroxyl groups excluding tert-OH is 1. The van der Waals surface area contributed by atoms with Crippen molar-refractivity contribution in [2.45, 2.75) is 52.6 Å². The first-order valence-corrected chi connectivity index (χ1v) is 8.91. The van der Waals surface area contributed by atoms with E-state index in [0.29, 0.717) is 38.1 Å². The first kappa shape index (κ1) is 18.0. The lowest BCUT2D eigenvalue weighted by atomic mass is 9.75. The highest BCUT2D eigenvalue weighted by Crippen LogP contribution is 2.44. The van der Waals surface area contributed by atoms with Crippen molar-refractivity contribution < 1.29 is 23.8 Å². The fourth-order valence-corrected chi connectivity index (χ4v) is 4.12. The number of nitrogens with zero attached hydrogens (tertiary/aromatic N) is 1. The predicted octanol–water partition coefficient (Wildman–Crippen LogP) is 2.62. The van der Waals surface area contributed by atoms with Crippen LogP contribution in [0, 0.1) is 18.3 Å². The van der Waals surface area contributed by atoms with Crippen LogP contribution in [0.15, 0.2) is 4.42 Å². The second-order valence-corrected chi connectivity index (χ2v) is 8.04. The van der Waals surface area contributed by atoms with E-state index in [1.54, 1.807) is 4.90 Å². The summed E-state index contributed by atoms with van der Waals surface area (Å²) < 4.78 is 10.7. The molecule has 1 aromatic heterocycles. The van der Waals surface area contributed by atoms with E-state index in [1.807, 2.05) is 6.92 Å². The molecule has 3 rings (SSSR count). The second kappa shape index (κ2) is 6.48. The number of piperidine rings is 1. The number of methoxy groups -OCH3 is 1. The molecule has 1 aromatic rings. The van der Waals surface area contributed by atoms with Crippen molar-refractivity contribution in [3.8, 4) is 0 Å². The second-order valence-electron chi connectivity index (χ2n) is 8.04. The van der Waals surface area contributed by atoms with Crippen LogP contribution < -0.4 is 0 Å². The zero-order valence-electron chi connectivity index (χ0n) is 15.4. The van der Waals surface area contributed by atoms with E-state index < -0.39 is 6.10 Å². The Kier molecular flexibility index (Phi) is 4.66. The summed E-state index contributed by atoms with van der Waals surface area (Å²) in [5.74, 6) is 0.567. The van der Waals surface area contributed by atoms with E-state index in [-0.39, 0.29) is 23.2 Å². The first-order chi connectivity index (χ1) is 11.7. The molecule has 1 aliphatic carbocycles. The van der Waals surface area contributed by atoms with Crippen molar-refractivity contribution in [3.05, 3.63) is 22.6 Å². The quantitative estimate of drug-likeness (QED) is 0.830. The van der Waals surface area contributed by atoms with Gasteiger partial charge in [0.1, 0.15) is 5.76 Å². The lowest BCUT2D eigenvalue weighted by Crippen LogP contribution is -2.40. The van der Waals surface area contributed by atoms with Crippen molar-refractivity contribution in [2.24, 2.45) is 11.3 Å². The van der Waals surface area contributed by atoms with Crippen LogP contribution in [0.3, 0.4) is 0 Å². The molecule has 138 valence electrons. The topological polar surface area (TPSA) is 80.0 Å². The molecule has 1 amide bonds. The van der Waals surface area contributed by atoms with Gasteiger partial charge in [0.25, 0.3) is 5.91 Å². The smallest absolute Gasteiger partial charge is 0.308 e. The molecule has 1 atom stereocenters. The molecule has 25 heavy (non-hydrogen) atoms. The summed E-state index contributed by atoms with van der Waals surface area (Å²) in [5, 5.41) is 10.5. The molecule has 2 aliphatic rings. The average molecular weight is 349 g/mol. The van der Waals surface area contributed by atoms with Crippen LogP contribution in [0.5, 0.6) is 0 Å². The number of fused-ring (bicyclic) bond motifs is 1. The highest BCUT2D eigenvalue weighted by atomic mass is 16.5. The number of likely N-dealkylation sites (tertiary alicyclic amines) is 1. The SMILES string of the molecule is COC(=O)C1CCN(C(=O)c2oc3c(c2C)C(O)CC(C)(C)C3)CC1. The minimum absolute atomic E-state index is 0.0457. The first-order valence-electron chi connectivity index (χ1n) is 8.91. The third-order valence-corrected chi connectivity index (χ3v) is 5.50. The standard InChI is InChI=1S/C19H27NO5/c1-11-15-13(21)9-19(2,3)10-14(15)25-16(11)17(22)20-7-5-12(6-8-20)18(23)24-4/h12-13,21H,5-10H2,1-4H3. The summed E-state index contributed by atoms with van der Waals surface area (Å²) in [7, 11) is 1.39. The zero-order valence-corrected chi connectivity index (χ0v) is 15.4. The van der Waals surface area contributed by atoms with Crippen LogP contribution in [0.2, 0.25) is 0 Å². The Morgan fingerprint density at radius 2 is 1.92 bits per heavy atom. The van der Waals surface area contributed by atoms with Gasteiger partial charge in [0.15, 0.2) is 5.76 Å². The van der Waals surface area contributed by atoms with Crippen LogP contribution in [0.25, 0.3) is 0 Å². The van der Waals surface area contributed by atoms with Gasteiger partial charge in [-0.2, -0.15) is 0 Å². The fourth-order valence-electron chi connectivity index (χ4n) is 4.12. The largest absolute Gasteiger partial charge is 0.469 e. The van der Waals surface area contributed by atoms with Crippen molar-refractivity contribution in [3.63, 3.8) is 0 Å². The number of rotatable bonds is 2. The van der Waals surface area contributed by atoms with Gasteiger partial charge < -0.3 is 19.2 Å². The van der Waals surface area contributed by atoms with Crippen molar-refractivity contribution in [1.82, 2.24) is 4.90 Å². The maximum Gasteiger partial charge on any atom is 0.308 e. The fraction of sp³-hybridized carbons (Fsp3) is 0.684. The molecule has 0 saturated carbocycles. The zero-order chi connectivity index (χ0) is 18.4. The van der Waals surface area contributed by atoms with Crippen LogP contribution in [-0.2, 0) is 16.0 Å². The predicted molar refractivity (Wildman–Crippen MR) is 91.2 cm³/mol. The molecule has 1 N–H and O–H groups in total. The van der Waals surface area contributed by atoms with E-state index in [4.69, 9.17) is 9.15 Å². The summed E-state index contributed by atoms with van der Waals surface area (Å²) in [6, 6.07) is 0. The number of carbonyl (C=O) groups excluding carboxylic acids is 2. The molecule has 0 radical (unpaired) electrons. The van der Waals surface area contributed by atoms with Crippen LogP contribution >= 0.6 is 0 Å². The Morgan fingerprint density at radius 3 is 2.52 bits per heavy atom. The molecule has 6 nitrogen and oxygen atoms in total. The van der Waals surface area contributed by atoms with E-state index in [1.165, 1.54) is 7.11 Å². The number of amides is 1. The highest BCUT2D eigenvalue weighted by molar-refractivity contribution is 5.93. The van der Waals surface area contributed by atoms with Gasteiger partial charge >= 0.3 is 5.97 Å². The third kappa shape index (κ3) is 3.32. The molecule has 1 fully saturated rings. The highest BCUT2D eigenvalue weighted by Gasteiger charge is 2.38. The van der Waals surface area contributed by atoms with Crippen LogP contribution in [0.4, 0.5) is 0 Å². The molecule has 0 spiro atoms. The Bertz CT molecular complexity index is 682. The van der Waals surface area contributed by atoms with Gasteiger partial charge in [-0.3, -0.25) is 9.59 Å². The minimum atomic E-state index is -0.589. The summed E-state index contributed by atoms with van der Waals surface area (Å²) in [4.78, 5) is 26.2. The summed E-state index contributed by atoms with van der Waals surface area (Å²) in [5.41, 5.74) is 1.49. The molecule has 1 unspecified atom stereocenters.